The Balaban J connectivity index is 1.55. The summed E-state index contributed by atoms with van der Waals surface area (Å²) in [5.74, 6) is 1.20. The number of thioether (sulfide) groups is 1. The summed E-state index contributed by atoms with van der Waals surface area (Å²) in [5, 5.41) is 9.20. The highest BCUT2D eigenvalue weighted by molar-refractivity contribution is 7.99. The van der Waals surface area contributed by atoms with Gasteiger partial charge in [0, 0.05) is 11.1 Å². The maximum Gasteiger partial charge on any atom is 0.234 e. The van der Waals surface area contributed by atoms with Crippen molar-refractivity contribution >= 4 is 51.5 Å². The lowest BCUT2D eigenvalue weighted by molar-refractivity contribution is -0.113. The maximum atomic E-state index is 12.4. The summed E-state index contributed by atoms with van der Waals surface area (Å²) in [6.45, 7) is 1.83. The summed E-state index contributed by atoms with van der Waals surface area (Å²) < 4.78 is 6.80. The lowest BCUT2D eigenvalue weighted by Crippen LogP contribution is -2.14. The predicted octanol–water partition coefficient (Wildman–Crippen LogP) is 3.98. The van der Waals surface area contributed by atoms with Crippen LogP contribution in [0.3, 0.4) is 0 Å². The zero-order valence-corrected chi connectivity index (χ0v) is 16.7. The number of anilines is 1. The van der Waals surface area contributed by atoms with Crippen molar-refractivity contribution in [3.63, 3.8) is 0 Å². The SMILES string of the molecule is COc1ccc(NC(=O)CSc2nc3ccccc3c3nc(C)nn23)cc1Cl. The predicted molar refractivity (Wildman–Crippen MR) is 110 cm³/mol. The zero-order valence-electron chi connectivity index (χ0n) is 15.1. The Morgan fingerprint density at radius 2 is 2.07 bits per heavy atom. The first-order valence-corrected chi connectivity index (χ1v) is 9.80. The maximum absolute atomic E-state index is 12.4. The molecule has 2 aromatic carbocycles. The van der Waals surface area contributed by atoms with Gasteiger partial charge in [0.1, 0.15) is 11.6 Å². The summed E-state index contributed by atoms with van der Waals surface area (Å²) in [4.78, 5) is 21.5. The molecule has 4 rings (SSSR count). The third kappa shape index (κ3) is 3.61. The molecule has 0 atom stereocenters. The fraction of sp³-hybridized carbons (Fsp3) is 0.158. The van der Waals surface area contributed by atoms with Gasteiger partial charge in [0.05, 0.1) is 23.4 Å². The van der Waals surface area contributed by atoms with Gasteiger partial charge in [-0.05, 0) is 37.3 Å². The highest BCUT2D eigenvalue weighted by Crippen LogP contribution is 2.28. The van der Waals surface area contributed by atoms with E-state index in [-0.39, 0.29) is 11.7 Å². The second kappa shape index (κ2) is 7.65. The normalized spacial score (nSPS) is 11.1. The van der Waals surface area contributed by atoms with Crippen molar-refractivity contribution in [2.24, 2.45) is 0 Å². The van der Waals surface area contributed by atoms with Crippen LogP contribution in [0, 0.1) is 6.92 Å². The fourth-order valence-corrected chi connectivity index (χ4v) is 3.80. The average molecular weight is 414 g/mol. The summed E-state index contributed by atoms with van der Waals surface area (Å²) in [5.41, 5.74) is 2.14. The van der Waals surface area contributed by atoms with E-state index in [9.17, 15) is 4.79 Å². The molecule has 0 spiro atoms. The molecule has 0 aliphatic rings. The van der Waals surface area contributed by atoms with Gasteiger partial charge in [-0.3, -0.25) is 4.79 Å². The molecule has 4 aromatic rings. The van der Waals surface area contributed by atoms with E-state index in [0.717, 1.165) is 16.6 Å². The quantitative estimate of drug-likeness (QED) is 0.393. The number of fused-ring (bicyclic) bond motifs is 3. The number of aryl methyl sites for hydroxylation is 1. The van der Waals surface area contributed by atoms with Gasteiger partial charge >= 0.3 is 0 Å². The number of benzene rings is 2. The van der Waals surface area contributed by atoms with Crippen molar-refractivity contribution in [1.82, 2.24) is 19.6 Å². The van der Waals surface area contributed by atoms with Crippen LogP contribution in [0.4, 0.5) is 5.69 Å². The lowest BCUT2D eigenvalue weighted by Gasteiger charge is -2.09. The van der Waals surface area contributed by atoms with Gasteiger partial charge in [-0.25, -0.2) is 9.97 Å². The van der Waals surface area contributed by atoms with E-state index in [2.05, 4.69) is 20.4 Å². The zero-order chi connectivity index (χ0) is 19.7. The minimum absolute atomic E-state index is 0.170. The van der Waals surface area contributed by atoms with Gasteiger partial charge in [0.15, 0.2) is 10.8 Å². The van der Waals surface area contributed by atoms with Crippen LogP contribution in [0.1, 0.15) is 5.82 Å². The van der Waals surface area contributed by atoms with E-state index >= 15 is 0 Å². The van der Waals surface area contributed by atoms with Crippen molar-refractivity contribution in [3.8, 4) is 5.75 Å². The van der Waals surface area contributed by atoms with Gasteiger partial charge in [-0.2, -0.15) is 4.52 Å². The molecule has 0 fully saturated rings. The average Bonchev–Trinajstić information content (AvgIpc) is 3.08. The Bertz CT molecular complexity index is 1190. The van der Waals surface area contributed by atoms with Crippen LogP contribution in [0.2, 0.25) is 5.02 Å². The van der Waals surface area contributed by atoms with Crippen LogP contribution in [0.15, 0.2) is 47.6 Å². The van der Waals surface area contributed by atoms with Crippen LogP contribution in [0.25, 0.3) is 16.6 Å². The smallest absolute Gasteiger partial charge is 0.234 e. The van der Waals surface area contributed by atoms with E-state index < -0.39 is 0 Å². The molecular formula is C19H16ClN5O2S. The van der Waals surface area contributed by atoms with Gasteiger partial charge in [0.2, 0.25) is 5.91 Å². The summed E-state index contributed by atoms with van der Waals surface area (Å²) in [6.07, 6.45) is 0. The number of para-hydroxylation sites is 1. The van der Waals surface area contributed by atoms with Crippen molar-refractivity contribution in [1.29, 1.82) is 0 Å². The number of nitrogens with one attached hydrogen (secondary N) is 1. The van der Waals surface area contributed by atoms with Crippen molar-refractivity contribution in [2.45, 2.75) is 12.1 Å². The van der Waals surface area contributed by atoms with Crippen LogP contribution < -0.4 is 10.1 Å². The van der Waals surface area contributed by atoms with Crippen LogP contribution >= 0.6 is 23.4 Å². The largest absolute Gasteiger partial charge is 0.495 e. The number of hydrogen-bond acceptors (Lipinski definition) is 6. The van der Waals surface area contributed by atoms with E-state index in [0.29, 0.717) is 27.4 Å². The number of methoxy groups -OCH3 is 1. The molecular weight excluding hydrogens is 398 g/mol. The van der Waals surface area contributed by atoms with Crippen molar-refractivity contribution < 1.29 is 9.53 Å². The Labute approximate surface area is 170 Å². The third-order valence-corrected chi connectivity index (χ3v) is 5.25. The lowest BCUT2D eigenvalue weighted by atomic mass is 10.2. The summed E-state index contributed by atoms with van der Waals surface area (Å²) >= 11 is 7.40. The topological polar surface area (TPSA) is 81.4 Å². The number of ether oxygens (including phenoxy) is 1. The Hall–Kier alpha value is -2.84. The molecule has 0 bridgehead atoms. The van der Waals surface area contributed by atoms with E-state index in [4.69, 9.17) is 16.3 Å². The van der Waals surface area contributed by atoms with E-state index in [1.807, 2.05) is 31.2 Å². The standard InChI is InChI=1S/C19H16ClN5O2S/c1-11-21-18-13-5-3-4-6-15(13)23-19(25(18)24-11)28-10-17(26)22-12-7-8-16(27-2)14(20)9-12/h3-9H,10H2,1-2H3,(H,22,26). The number of carbonyl (C=O) groups is 1. The molecule has 0 saturated carbocycles. The molecule has 1 amide bonds. The summed E-state index contributed by atoms with van der Waals surface area (Å²) in [6, 6.07) is 12.8. The van der Waals surface area contributed by atoms with E-state index in [1.165, 1.54) is 11.8 Å². The molecule has 0 aliphatic heterocycles. The minimum Gasteiger partial charge on any atom is -0.495 e. The molecule has 2 aromatic heterocycles. The minimum atomic E-state index is -0.175. The first-order valence-electron chi connectivity index (χ1n) is 8.43. The number of aromatic nitrogens is 4. The molecule has 0 aliphatic carbocycles. The Kier molecular flexibility index (Phi) is 5.06. The van der Waals surface area contributed by atoms with Gasteiger partial charge in [-0.15, -0.1) is 5.10 Å². The van der Waals surface area contributed by atoms with Crippen LogP contribution in [-0.4, -0.2) is 38.4 Å². The third-order valence-electron chi connectivity index (χ3n) is 4.02. The van der Waals surface area contributed by atoms with Gasteiger partial charge in [0.25, 0.3) is 0 Å². The van der Waals surface area contributed by atoms with Crippen molar-refractivity contribution in [2.75, 3.05) is 18.2 Å². The number of halogens is 1. The fourth-order valence-electron chi connectivity index (χ4n) is 2.80. The molecule has 0 radical (unpaired) electrons. The molecule has 28 heavy (non-hydrogen) atoms. The molecule has 7 nitrogen and oxygen atoms in total. The number of carbonyl (C=O) groups excluding carboxylic acids is 1. The second-order valence-corrected chi connectivity index (χ2v) is 7.34. The van der Waals surface area contributed by atoms with Crippen LogP contribution in [0.5, 0.6) is 5.75 Å². The van der Waals surface area contributed by atoms with Crippen molar-refractivity contribution in [3.05, 3.63) is 53.3 Å². The molecule has 9 heteroatoms. The highest BCUT2D eigenvalue weighted by atomic mass is 35.5. The molecule has 2 heterocycles. The van der Waals surface area contributed by atoms with Crippen LogP contribution in [-0.2, 0) is 4.79 Å². The number of rotatable bonds is 5. The monoisotopic (exact) mass is 413 g/mol. The number of hydrogen-bond donors (Lipinski definition) is 1. The first-order chi connectivity index (χ1) is 13.5. The first kappa shape index (κ1) is 18.5. The molecule has 0 saturated heterocycles. The molecule has 142 valence electrons. The number of amides is 1. The molecule has 1 N–H and O–H groups in total. The highest BCUT2D eigenvalue weighted by Gasteiger charge is 2.14. The summed E-state index contributed by atoms with van der Waals surface area (Å²) in [7, 11) is 1.54. The molecule has 0 unspecified atom stereocenters. The van der Waals surface area contributed by atoms with E-state index in [1.54, 1.807) is 29.8 Å². The van der Waals surface area contributed by atoms with Gasteiger partial charge < -0.3 is 10.1 Å². The van der Waals surface area contributed by atoms with Gasteiger partial charge in [-0.1, -0.05) is 35.5 Å². The Morgan fingerprint density at radius 1 is 1.25 bits per heavy atom. The number of nitrogens with zero attached hydrogens (tertiary/aromatic N) is 4. The Morgan fingerprint density at radius 3 is 2.86 bits per heavy atom. The second-order valence-electron chi connectivity index (χ2n) is 5.99.